The summed E-state index contributed by atoms with van der Waals surface area (Å²) < 4.78 is 5.45. The van der Waals surface area contributed by atoms with Gasteiger partial charge in [-0.05, 0) is 18.8 Å². The Hall–Kier alpha value is -0.530. The van der Waals surface area contributed by atoms with Crippen molar-refractivity contribution in [1.82, 2.24) is 0 Å². The van der Waals surface area contributed by atoms with Crippen molar-refractivity contribution in [2.75, 3.05) is 6.61 Å². The second-order valence-corrected chi connectivity index (χ2v) is 18.1. The number of unbranched alkanes of at least 4 members (excludes halogenated alkanes) is 41. The van der Waals surface area contributed by atoms with Gasteiger partial charge in [0.15, 0.2) is 0 Å². The molecular formula is C52H104O2. The molecular weight excluding hydrogens is 657 g/mol. The monoisotopic (exact) mass is 761 g/mol. The number of esters is 1. The Morgan fingerprint density at radius 2 is 0.574 bits per heavy atom. The van der Waals surface area contributed by atoms with Crippen LogP contribution in [0, 0.1) is 5.92 Å². The zero-order valence-electron chi connectivity index (χ0n) is 38.1. The summed E-state index contributed by atoms with van der Waals surface area (Å²) in [5.74, 6) is 0.969. The maximum atomic E-state index is 11.9. The average Bonchev–Trinajstić information content (AvgIpc) is 3.18. The van der Waals surface area contributed by atoms with Gasteiger partial charge in [-0.3, -0.25) is 4.79 Å². The maximum absolute atomic E-state index is 11.9. The van der Waals surface area contributed by atoms with E-state index < -0.39 is 0 Å². The predicted octanol–water partition coefficient (Wildman–Crippen LogP) is 19.2. The molecule has 54 heavy (non-hydrogen) atoms. The van der Waals surface area contributed by atoms with Crippen molar-refractivity contribution in [2.24, 2.45) is 5.92 Å². The number of carbonyl (C=O) groups is 1. The number of ether oxygens (including phenoxy) is 1. The van der Waals surface area contributed by atoms with Crippen LogP contribution < -0.4 is 0 Å². The van der Waals surface area contributed by atoms with Crippen LogP contribution in [0.2, 0.25) is 0 Å². The zero-order valence-corrected chi connectivity index (χ0v) is 38.1. The average molecular weight is 761 g/mol. The summed E-state index contributed by atoms with van der Waals surface area (Å²) >= 11 is 0. The van der Waals surface area contributed by atoms with E-state index in [2.05, 4.69) is 20.8 Å². The summed E-state index contributed by atoms with van der Waals surface area (Å²) in [5.41, 5.74) is 0. The van der Waals surface area contributed by atoms with E-state index in [1.807, 2.05) is 0 Å². The van der Waals surface area contributed by atoms with Gasteiger partial charge in [0.05, 0.1) is 6.61 Å². The van der Waals surface area contributed by atoms with Crippen LogP contribution in [0.4, 0.5) is 0 Å². The molecule has 0 aliphatic heterocycles. The van der Waals surface area contributed by atoms with E-state index >= 15 is 0 Å². The van der Waals surface area contributed by atoms with Crippen molar-refractivity contribution in [3.05, 3.63) is 0 Å². The molecule has 324 valence electrons. The Kier molecular flexibility index (Phi) is 48.1. The summed E-state index contributed by atoms with van der Waals surface area (Å²) in [4.78, 5) is 11.9. The van der Waals surface area contributed by atoms with E-state index in [-0.39, 0.29) is 5.97 Å². The van der Waals surface area contributed by atoms with Gasteiger partial charge in [-0.25, -0.2) is 0 Å². The lowest BCUT2D eigenvalue weighted by atomic mass is 9.99. The van der Waals surface area contributed by atoms with E-state index in [9.17, 15) is 4.79 Å². The van der Waals surface area contributed by atoms with Crippen molar-refractivity contribution in [3.63, 3.8) is 0 Å². The first-order valence-electron chi connectivity index (χ1n) is 25.9. The number of hydrogen-bond donors (Lipinski definition) is 0. The maximum Gasteiger partial charge on any atom is 0.305 e. The molecule has 0 aliphatic carbocycles. The Morgan fingerprint density at radius 1 is 0.333 bits per heavy atom. The summed E-state index contributed by atoms with van der Waals surface area (Å²) in [6.07, 6.45) is 64.0. The molecule has 1 atom stereocenters. The van der Waals surface area contributed by atoms with Crippen molar-refractivity contribution in [3.8, 4) is 0 Å². The van der Waals surface area contributed by atoms with Crippen LogP contribution in [0.15, 0.2) is 0 Å². The van der Waals surface area contributed by atoms with Crippen LogP contribution in [0.1, 0.15) is 316 Å². The standard InChI is InChI=1S/C52H104O2/c1-4-6-7-8-9-36-40-43-46-49-52(53)54-50-47-44-41-38-35-33-31-29-27-25-23-21-19-17-15-13-11-10-12-14-16-18-20-22-24-26-28-30-32-34-37-39-42-45-48-51(3)5-2/h51H,4-50H2,1-3H3. The van der Waals surface area contributed by atoms with Gasteiger partial charge in [0, 0.05) is 6.42 Å². The van der Waals surface area contributed by atoms with Gasteiger partial charge >= 0.3 is 5.97 Å². The summed E-state index contributed by atoms with van der Waals surface area (Å²) in [6.45, 7) is 7.64. The topological polar surface area (TPSA) is 26.3 Å². The Labute approximate surface area is 343 Å². The summed E-state index contributed by atoms with van der Waals surface area (Å²) in [5, 5.41) is 0. The van der Waals surface area contributed by atoms with Gasteiger partial charge in [0.2, 0.25) is 0 Å². The Bertz CT molecular complexity index is 673. The highest BCUT2D eigenvalue weighted by molar-refractivity contribution is 5.69. The van der Waals surface area contributed by atoms with E-state index in [1.165, 1.54) is 276 Å². The first-order valence-corrected chi connectivity index (χ1v) is 25.9. The lowest BCUT2D eigenvalue weighted by molar-refractivity contribution is -0.143. The van der Waals surface area contributed by atoms with Crippen molar-refractivity contribution in [2.45, 2.75) is 316 Å². The second kappa shape index (κ2) is 48.6. The molecule has 0 spiro atoms. The minimum absolute atomic E-state index is 0.0271. The lowest BCUT2D eigenvalue weighted by Gasteiger charge is -2.07. The molecule has 0 rings (SSSR count). The van der Waals surface area contributed by atoms with Crippen LogP contribution in [-0.2, 0) is 9.53 Å². The highest BCUT2D eigenvalue weighted by Gasteiger charge is 2.03. The third-order valence-electron chi connectivity index (χ3n) is 12.5. The van der Waals surface area contributed by atoms with Crippen LogP contribution in [0.25, 0.3) is 0 Å². The molecule has 0 saturated heterocycles. The third kappa shape index (κ3) is 47.6. The molecule has 0 bridgehead atoms. The fourth-order valence-corrected chi connectivity index (χ4v) is 8.29. The second-order valence-electron chi connectivity index (χ2n) is 18.1. The highest BCUT2D eigenvalue weighted by atomic mass is 16.5. The molecule has 1 unspecified atom stereocenters. The van der Waals surface area contributed by atoms with Crippen LogP contribution in [0.3, 0.4) is 0 Å². The molecule has 0 aromatic carbocycles. The van der Waals surface area contributed by atoms with Gasteiger partial charge in [-0.1, -0.05) is 297 Å². The molecule has 0 aromatic heterocycles. The summed E-state index contributed by atoms with van der Waals surface area (Å²) in [6, 6.07) is 0. The Morgan fingerprint density at radius 3 is 0.852 bits per heavy atom. The largest absolute Gasteiger partial charge is 0.466 e. The summed E-state index contributed by atoms with van der Waals surface area (Å²) in [7, 11) is 0. The molecule has 0 fully saturated rings. The fourth-order valence-electron chi connectivity index (χ4n) is 8.29. The predicted molar refractivity (Wildman–Crippen MR) is 244 cm³/mol. The normalized spacial score (nSPS) is 12.1. The highest BCUT2D eigenvalue weighted by Crippen LogP contribution is 2.18. The third-order valence-corrected chi connectivity index (χ3v) is 12.5. The van der Waals surface area contributed by atoms with E-state index in [1.54, 1.807) is 0 Å². The van der Waals surface area contributed by atoms with Crippen molar-refractivity contribution in [1.29, 1.82) is 0 Å². The van der Waals surface area contributed by atoms with Crippen LogP contribution in [-0.4, -0.2) is 12.6 Å². The molecule has 0 aliphatic rings. The van der Waals surface area contributed by atoms with Crippen molar-refractivity contribution >= 4 is 5.97 Å². The van der Waals surface area contributed by atoms with Gasteiger partial charge in [-0.2, -0.15) is 0 Å². The molecule has 2 nitrogen and oxygen atoms in total. The number of carbonyl (C=O) groups excluding carboxylic acids is 1. The fraction of sp³-hybridized carbons (Fsp3) is 0.981. The molecule has 0 radical (unpaired) electrons. The van der Waals surface area contributed by atoms with Crippen LogP contribution in [0.5, 0.6) is 0 Å². The minimum atomic E-state index is 0.0271. The molecule has 0 N–H and O–H groups in total. The molecule has 0 amide bonds. The molecule has 2 heteroatoms. The minimum Gasteiger partial charge on any atom is -0.466 e. The lowest BCUT2D eigenvalue weighted by Crippen LogP contribution is -2.05. The Balaban J connectivity index is 3.11. The molecule has 0 aromatic rings. The molecule has 0 heterocycles. The van der Waals surface area contributed by atoms with Gasteiger partial charge < -0.3 is 4.74 Å². The van der Waals surface area contributed by atoms with E-state index in [0.717, 1.165) is 18.8 Å². The quantitative estimate of drug-likeness (QED) is 0.0456. The van der Waals surface area contributed by atoms with Gasteiger partial charge in [-0.15, -0.1) is 0 Å². The first kappa shape index (κ1) is 53.5. The van der Waals surface area contributed by atoms with Gasteiger partial charge in [0.25, 0.3) is 0 Å². The van der Waals surface area contributed by atoms with Crippen molar-refractivity contribution < 1.29 is 9.53 Å². The van der Waals surface area contributed by atoms with E-state index in [0.29, 0.717) is 13.0 Å². The SMILES string of the molecule is CCCCCCCCCCCC(=O)OCCCCCCCCCCCCCCCCCCCCCCCCCCCCCCCCCCCCC(C)CC. The zero-order chi connectivity index (χ0) is 39.1. The number of rotatable bonds is 48. The number of hydrogen-bond acceptors (Lipinski definition) is 2. The van der Waals surface area contributed by atoms with Gasteiger partial charge in [0.1, 0.15) is 0 Å². The van der Waals surface area contributed by atoms with E-state index in [4.69, 9.17) is 4.74 Å². The molecule has 0 saturated carbocycles. The smallest absolute Gasteiger partial charge is 0.305 e. The van der Waals surface area contributed by atoms with Crippen LogP contribution >= 0.6 is 0 Å². The first-order chi connectivity index (χ1) is 26.7.